The molecule has 2 aromatic carbocycles. The van der Waals surface area contributed by atoms with Crippen LogP contribution in [0.15, 0.2) is 48.5 Å². The molecule has 1 amide bonds. The van der Waals surface area contributed by atoms with Crippen LogP contribution < -0.4 is 5.32 Å². The summed E-state index contributed by atoms with van der Waals surface area (Å²) in [4.78, 5) is 25.5. The van der Waals surface area contributed by atoms with Crippen LogP contribution in [0.25, 0.3) is 5.69 Å². The van der Waals surface area contributed by atoms with Crippen LogP contribution in [0.5, 0.6) is 0 Å². The Labute approximate surface area is 162 Å². The lowest BCUT2D eigenvalue weighted by Crippen LogP contribution is -2.28. The van der Waals surface area contributed by atoms with Gasteiger partial charge in [0.1, 0.15) is 5.82 Å². The van der Waals surface area contributed by atoms with Gasteiger partial charge in [0.25, 0.3) is 0 Å². The minimum atomic E-state index is -0.551. The van der Waals surface area contributed by atoms with Crippen LogP contribution in [0.3, 0.4) is 0 Å². The smallest absolute Gasteiger partial charge is 0.226 e. The maximum atomic E-state index is 13.1. The molecule has 1 aliphatic heterocycles. The lowest BCUT2D eigenvalue weighted by Gasteiger charge is -2.23. The van der Waals surface area contributed by atoms with Gasteiger partial charge in [0.05, 0.1) is 17.3 Å². The van der Waals surface area contributed by atoms with E-state index in [1.54, 1.807) is 28.9 Å². The summed E-state index contributed by atoms with van der Waals surface area (Å²) in [5, 5.41) is 8.02. The lowest BCUT2D eigenvalue weighted by molar-refractivity contribution is -0.116. The summed E-state index contributed by atoms with van der Waals surface area (Å²) in [6, 6.07) is 14.6. The minimum Gasteiger partial charge on any atom is -0.310 e. The van der Waals surface area contributed by atoms with Crippen LogP contribution in [0.4, 0.5) is 5.82 Å². The zero-order valence-corrected chi connectivity index (χ0v) is 15.7. The van der Waals surface area contributed by atoms with Crippen LogP contribution in [0.2, 0.25) is 5.02 Å². The Morgan fingerprint density at radius 2 is 1.93 bits per heavy atom. The fourth-order valence-electron chi connectivity index (χ4n) is 3.48. The van der Waals surface area contributed by atoms with Gasteiger partial charge in [0, 0.05) is 22.6 Å². The topological polar surface area (TPSA) is 64.0 Å². The number of rotatable bonds is 3. The number of hydrogen-bond acceptors (Lipinski definition) is 3. The maximum absolute atomic E-state index is 13.1. The van der Waals surface area contributed by atoms with E-state index >= 15 is 0 Å². The number of aromatic nitrogens is 2. The molecule has 3 aromatic rings. The molecule has 1 aliphatic rings. The van der Waals surface area contributed by atoms with Gasteiger partial charge in [-0.25, -0.2) is 4.68 Å². The molecular formula is C21H18ClN3O2. The molecule has 6 heteroatoms. The van der Waals surface area contributed by atoms with Gasteiger partial charge >= 0.3 is 0 Å². The Morgan fingerprint density at radius 3 is 2.63 bits per heavy atom. The van der Waals surface area contributed by atoms with Crippen molar-refractivity contribution in [2.75, 3.05) is 5.32 Å². The summed E-state index contributed by atoms with van der Waals surface area (Å²) < 4.78 is 1.64. The van der Waals surface area contributed by atoms with Gasteiger partial charge in [0.2, 0.25) is 5.91 Å². The number of aryl methyl sites for hydroxylation is 2. The van der Waals surface area contributed by atoms with Crippen LogP contribution in [-0.2, 0) is 4.79 Å². The number of nitrogens with zero attached hydrogens (tertiary/aromatic N) is 2. The second-order valence-corrected chi connectivity index (χ2v) is 7.21. The first-order chi connectivity index (χ1) is 12.9. The van der Waals surface area contributed by atoms with E-state index in [0.717, 1.165) is 22.5 Å². The lowest BCUT2D eigenvalue weighted by atomic mass is 9.85. The number of nitrogens with one attached hydrogen (secondary N) is 1. The van der Waals surface area contributed by atoms with Crippen molar-refractivity contribution < 1.29 is 9.59 Å². The number of carbonyl (C=O) groups excluding carboxylic acids is 2. The summed E-state index contributed by atoms with van der Waals surface area (Å²) in [5.41, 5.74) is 3.89. The predicted octanol–water partition coefficient (Wildman–Crippen LogP) is 4.45. The summed E-state index contributed by atoms with van der Waals surface area (Å²) in [5.74, 6) is -0.281. The van der Waals surface area contributed by atoms with Crippen molar-refractivity contribution in [1.29, 1.82) is 0 Å². The van der Waals surface area contributed by atoms with Crippen molar-refractivity contribution in [3.63, 3.8) is 0 Å². The zero-order valence-electron chi connectivity index (χ0n) is 15.0. The number of hydrogen-bond donors (Lipinski definition) is 1. The molecule has 0 saturated carbocycles. The van der Waals surface area contributed by atoms with E-state index in [0.29, 0.717) is 16.4 Å². The molecule has 0 unspecified atom stereocenters. The zero-order chi connectivity index (χ0) is 19.1. The van der Waals surface area contributed by atoms with E-state index in [9.17, 15) is 9.59 Å². The van der Waals surface area contributed by atoms with Gasteiger partial charge in [-0.15, -0.1) is 0 Å². The third-order valence-electron chi connectivity index (χ3n) is 4.81. The average Bonchev–Trinajstić information content (AvgIpc) is 2.97. The summed E-state index contributed by atoms with van der Waals surface area (Å²) in [6.07, 6.45) is 0.113. The highest BCUT2D eigenvalue weighted by molar-refractivity contribution is 6.30. The van der Waals surface area contributed by atoms with Crippen molar-refractivity contribution >= 4 is 29.1 Å². The number of anilines is 1. The second-order valence-electron chi connectivity index (χ2n) is 6.77. The summed E-state index contributed by atoms with van der Waals surface area (Å²) >= 11 is 6.10. The van der Waals surface area contributed by atoms with Gasteiger partial charge in [-0.3, -0.25) is 9.59 Å². The summed E-state index contributed by atoms with van der Waals surface area (Å²) in [6.45, 7) is 3.83. The number of carbonyl (C=O) groups is 2. The van der Waals surface area contributed by atoms with E-state index in [2.05, 4.69) is 10.4 Å². The number of halogens is 1. The van der Waals surface area contributed by atoms with Crippen molar-refractivity contribution in [3.8, 4) is 5.69 Å². The highest BCUT2D eigenvalue weighted by Crippen LogP contribution is 2.38. The van der Waals surface area contributed by atoms with E-state index < -0.39 is 5.92 Å². The van der Waals surface area contributed by atoms with E-state index in [1.807, 2.05) is 38.1 Å². The molecule has 0 bridgehead atoms. The monoisotopic (exact) mass is 379 g/mol. The third kappa shape index (κ3) is 3.15. The predicted molar refractivity (Wildman–Crippen MR) is 105 cm³/mol. The van der Waals surface area contributed by atoms with Gasteiger partial charge < -0.3 is 5.32 Å². The standard InChI is InChI=1S/C21H18ClN3O2/c1-12-6-8-14(9-7-12)20(27)17-11-18(26)23-21-19(17)13(2)24-25(21)16-5-3-4-15(22)10-16/h3-10,17H,11H2,1-2H3,(H,23,26)/t17-/m0/s1. The molecular weight excluding hydrogens is 362 g/mol. The minimum absolute atomic E-state index is 0.0696. The second kappa shape index (κ2) is 6.67. The van der Waals surface area contributed by atoms with Crippen LogP contribution in [0.1, 0.15) is 39.5 Å². The largest absolute Gasteiger partial charge is 0.310 e. The quantitative estimate of drug-likeness (QED) is 0.684. The first-order valence-corrected chi connectivity index (χ1v) is 9.08. The third-order valence-corrected chi connectivity index (χ3v) is 5.04. The molecule has 27 heavy (non-hydrogen) atoms. The molecule has 0 radical (unpaired) electrons. The Hall–Kier alpha value is -2.92. The first-order valence-electron chi connectivity index (χ1n) is 8.70. The van der Waals surface area contributed by atoms with Gasteiger partial charge in [-0.2, -0.15) is 5.10 Å². The molecule has 2 heterocycles. The number of fused-ring (bicyclic) bond motifs is 1. The average molecular weight is 380 g/mol. The van der Waals surface area contributed by atoms with E-state index in [4.69, 9.17) is 11.6 Å². The van der Waals surface area contributed by atoms with Crippen molar-refractivity contribution in [2.24, 2.45) is 0 Å². The number of amides is 1. The SMILES string of the molecule is Cc1ccc(C(=O)[C@H]2CC(=O)Nc3c2c(C)nn3-c2cccc(Cl)c2)cc1. The van der Waals surface area contributed by atoms with Gasteiger partial charge in [-0.1, -0.05) is 47.5 Å². The highest BCUT2D eigenvalue weighted by Gasteiger charge is 2.36. The summed E-state index contributed by atoms with van der Waals surface area (Å²) in [7, 11) is 0. The molecule has 5 nitrogen and oxygen atoms in total. The Bertz CT molecular complexity index is 1050. The molecule has 136 valence electrons. The van der Waals surface area contributed by atoms with Crippen LogP contribution >= 0.6 is 11.6 Å². The maximum Gasteiger partial charge on any atom is 0.226 e. The molecule has 0 saturated heterocycles. The van der Waals surface area contributed by atoms with Crippen LogP contribution in [0, 0.1) is 13.8 Å². The van der Waals surface area contributed by atoms with Crippen molar-refractivity contribution in [1.82, 2.24) is 9.78 Å². The van der Waals surface area contributed by atoms with E-state index in [1.165, 1.54) is 0 Å². The van der Waals surface area contributed by atoms with Gasteiger partial charge in [0.15, 0.2) is 5.78 Å². The fraction of sp³-hybridized carbons (Fsp3) is 0.190. The number of Topliss-reactive ketones (excluding diaryl/α,β-unsaturated/α-hetero) is 1. The fourth-order valence-corrected chi connectivity index (χ4v) is 3.67. The molecule has 1 atom stereocenters. The molecule has 0 aliphatic carbocycles. The highest BCUT2D eigenvalue weighted by atomic mass is 35.5. The Kier molecular flexibility index (Phi) is 4.32. The Balaban J connectivity index is 1.82. The number of benzene rings is 2. The van der Waals surface area contributed by atoms with Crippen molar-refractivity contribution in [3.05, 3.63) is 75.9 Å². The molecule has 1 N–H and O–H groups in total. The molecule has 1 aromatic heterocycles. The van der Waals surface area contributed by atoms with Crippen molar-refractivity contribution in [2.45, 2.75) is 26.2 Å². The Morgan fingerprint density at radius 1 is 1.19 bits per heavy atom. The first kappa shape index (κ1) is 17.5. The normalized spacial score (nSPS) is 16.0. The molecule has 0 spiro atoms. The van der Waals surface area contributed by atoms with E-state index in [-0.39, 0.29) is 18.1 Å². The van der Waals surface area contributed by atoms with Gasteiger partial charge in [-0.05, 0) is 32.0 Å². The molecule has 0 fully saturated rings. The van der Waals surface area contributed by atoms with Crippen LogP contribution in [-0.4, -0.2) is 21.5 Å². The number of ketones is 1. The molecule has 4 rings (SSSR count).